The van der Waals surface area contributed by atoms with Crippen LogP contribution in [0, 0.1) is 0 Å². The van der Waals surface area contributed by atoms with Gasteiger partial charge in [0.05, 0.1) is 13.7 Å². The lowest BCUT2D eigenvalue weighted by Crippen LogP contribution is -2.23. The minimum absolute atomic E-state index is 0.121. The second-order valence-electron chi connectivity index (χ2n) is 4.45. The van der Waals surface area contributed by atoms with Crippen LogP contribution in [0.15, 0.2) is 48.5 Å². The van der Waals surface area contributed by atoms with Crippen LogP contribution in [0.3, 0.4) is 0 Å². The van der Waals surface area contributed by atoms with Crippen molar-refractivity contribution in [3.63, 3.8) is 0 Å². The zero-order valence-electron chi connectivity index (χ0n) is 12.3. The van der Waals surface area contributed by atoms with E-state index in [0.717, 1.165) is 17.1 Å². The molecule has 0 aromatic heterocycles. The van der Waals surface area contributed by atoms with E-state index in [1.165, 1.54) is 0 Å². The largest absolute Gasteiger partial charge is 0.497 e. The van der Waals surface area contributed by atoms with Crippen LogP contribution in [0.1, 0.15) is 22.8 Å². The van der Waals surface area contributed by atoms with Crippen molar-refractivity contribution in [3.8, 4) is 11.5 Å². The summed E-state index contributed by atoms with van der Waals surface area (Å²) in [6.07, 6.45) is 0. The Morgan fingerprint density at radius 3 is 2.48 bits per heavy atom. The smallest absolute Gasteiger partial charge is 0.251 e. The molecule has 0 saturated heterocycles. The highest BCUT2D eigenvalue weighted by atomic mass is 16.5. The summed E-state index contributed by atoms with van der Waals surface area (Å²) in [7, 11) is 1.60. The van der Waals surface area contributed by atoms with Crippen molar-refractivity contribution in [1.29, 1.82) is 0 Å². The van der Waals surface area contributed by atoms with Crippen LogP contribution in [0.25, 0.3) is 0 Å². The minimum atomic E-state index is -0.121. The minimum Gasteiger partial charge on any atom is -0.497 e. The third kappa shape index (κ3) is 3.99. The van der Waals surface area contributed by atoms with Gasteiger partial charge in [-0.05, 0) is 37.3 Å². The van der Waals surface area contributed by atoms with Gasteiger partial charge in [-0.3, -0.25) is 4.79 Å². The van der Waals surface area contributed by atoms with Gasteiger partial charge < -0.3 is 14.8 Å². The molecular formula is C17H19NO3. The molecule has 4 heteroatoms. The maximum absolute atomic E-state index is 12.1. The Morgan fingerprint density at radius 2 is 1.81 bits per heavy atom. The maximum Gasteiger partial charge on any atom is 0.251 e. The fourth-order valence-corrected chi connectivity index (χ4v) is 1.97. The average molecular weight is 285 g/mol. The summed E-state index contributed by atoms with van der Waals surface area (Å²) in [5.41, 5.74) is 1.56. The zero-order chi connectivity index (χ0) is 15.1. The standard InChI is InChI=1S/C17H19NO3/c1-3-21-16-7-5-4-6-14(16)12-18-17(19)13-8-10-15(20-2)11-9-13/h4-11H,3,12H2,1-2H3,(H,18,19). The van der Waals surface area contributed by atoms with Crippen LogP contribution in [0.2, 0.25) is 0 Å². The van der Waals surface area contributed by atoms with Gasteiger partial charge in [0.25, 0.3) is 5.91 Å². The Balaban J connectivity index is 2.00. The molecule has 0 heterocycles. The second-order valence-corrected chi connectivity index (χ2v) is 4.45. The Hall–Kier alpha value is -2.49. The Morgan fingerprint density at radius 1 is 1.10 bits per heavy atom. The maximum atomic E-state index is 12.1. The molecule has 0 radical (unpaired) electrons. The summed E-state index contributed by atoms with van der Waals surface area (Å²) >= 11 is 0. The molecule has 4 nitrogen and oxygen atoms in total. The average Bonchev–Trinajstić information content (AvgIpc) is 2.54. The molecule has 0 fully saturated rings. The lowest BCUT2D eigenvalue weighted by Gasteiger charge is -2.11. The lowest BCUT2D eigenvalue weighted by atomic mass is 10.1. The molecule has 0 aliphatic carbocycles. The van der Waals surface area contributed by atoms with E-state index in [1.807, 2.05) is 31.2 Å². The predicted molar refractivity (Wildman–Crippen MR) is 81.8 cm³/mol. The normalized spacial score (nSPS) is 10.0. The first-order valence-corrected chi connectivity index (χ1v) is 6.87. The highest BCUT2D eigenvalue weighted by molar-refractivity contribution is 5.94. The number of methoxy groups -OCH3 is 1. The molecule has 21 heavy (non-hydrogen) atoms. The van der Waals surface area contributed by atoms with Gasteiger partial charge in [-0.1, -0.05) is 18.2 Å². The van der Waals surface area contributed by atoms with Crippen LogP contribution >= 0.6 is 0 Å². The van der Waals surface area contributed by atoms with Gasteiger partial charge in [-0.2, -0.15) is 0 Å². The monoisotopic (exact) mass is 285 g/mol. The number of para-hydroxylation sites is 1. The third-order valence-corrected chi connectivity index (χ3v) is 3.06. The van der Waals surface area contributed by atoms with Crippen molar-refractivity contribution < 1.29 is 14.3 Å². The number of carbonyl (C=O) groups excluding carboxylic acids is 1. The predicted octanol–water partition coefficient (Wildman–Crippen LogP) is 3.02. The van der Waals surface area contributed by atoms with Gasteiger partial charge in [-0.15, -0.1) is 0 Å². The lowest BCUT2D eigenvalue weighted by molar-refractivity contribution is 0.0950. The van der Waals surface area contributed by atoms with E-state index in [4.69, 9.17) is 9.47 Å². The van der Waals surface area contributed by atoms with Crippen LogP contribution in [-0.2, 0) is 6.54 Å². The van der Waals surface area contributed by atoms with E-state index in [9.17, 15) is 4.79 Å². The molecule has 0 aliphatic rings. The first-order chi connectivity index (χ1) is 10.2. The molecule has 1 N–H and O–H groups in total. The van der Waals surface area contributed by atoms with Gasteiger partial charge in [0.1, 0.15) is 11.5 Å². The van der Waals surface area contributed by atoms with Crippen LogP contribution in [0.5, 0.6) is 11.5 Å². The third-order valence-electron chi connectivity index (χ3n) is 3.06. The Kier molecular flexibility index (Phi) is 5.21. The Bertz CT molecular complexity index is 593. The Labute approximate surface area is 124 Å². The van der Waals surface area contributed by atoms with Crippen LogP contribution in [-0.4, -0.2) is 19.6 Å². The van der Waals surface area contributed by atoms with E-state index in [1.54, 1.807) is 31.4 Å². The van der Waals surface area contributed by atoms with E-state index in [0.29, 0.717) is 18.7 Å². The van der Waals surface area contributed by atoms with Gasteiger partial charge in [-0.25, -0.2) is 0 Å². The molecule has 2 aromatic rings. The zero-order valence-corrected chi connectivity index (χ0v) is 12.3. The van der Waals surface area contributed by atoms with Gasteiger partial charge in [0.15, 0.2) is 0 Å². The summed E-state index contributed by atoms with van der Waals surface area (Å²) < 4.78 is 10.6. The van der Waals surface area contributed by atoms with Crippen LogP contribution < -0.4 is 14.8 Å². The summed E-state index contributed by atoms with van der Waals surface area (Å²) in [5, 5.41) is 2.89. The fraction of sp³-hybridized carbons (Fsp3) is 0.235. The molecule has 0 unspecified atom stereocenters. The van der Waals surface area contributed by atoms with Crippen molar-refractivity contribution in [3.05, 3.63) is 59.7 Å². The molecule has 110 valence electrons. The molecule has 0 atom stereocenters. The van der Waals surface area contributed by atoms with Gasteiger partial charge in [0, 0.05) is 17.7 Å². The number of ether oxygens (including phenoxy) is 2. The van der Waals surface area contributed by atoms with Crippen molar-refractivity contribution in [1.82, 2.24) is 5.32 Å². The van der Waals surface area contributed by atoms with Crippen molar-refractivity contribution in [2.24, 2.45) is 0 Å². The SMILES string of the molecule is CCOc1ccccc1CNC(=O)c1ccc(OC)cc1. The second kappa shape index (κ2) is 7.33. The summed E-state index contributed by atoms with van der Waals surface area (Å²) in [4.78, 5) is 12.1. The van der Waals surface area contributed by atoms with E-state index < -0.39 is 0 Å². The molecule has 0 saturated carbocycles. The number of carbonyl (C=O) groups is 1. The molecule has 2 aromatic carbocycles. The first kappa shape index (κ1) is 14.9. The summed E-state index contributed by atoms with van der Waals surface area (Å²) in [6.45, 7) is 2.97. The highest BCUT2D eigenvalue weighted by Crippen LogP contribution is 2.18. The van der Waals surface area contributed by atoms with Crippen molar-refractivity contribution in [2.45, 2.75) is 13.5 Å². The number of rotatable bonds is 6. The molecule has 1 amide bonds. The van der Waals surface area contributed by atoms with Gasteiger partial charge in [0.2, 0.25) is 0 Å². The summed E-state index contributed by atoms with van der Waals surface area (Å²) in [6, 6.07) is 14.7. The van der Waals surface area contributed by atoms with E-state index in [-0.39, 0.29) is 5.91 Å². The highest BCUT2D eigenvalue weighted by Gasteiger charge is 2.07. The summed E-state index contributed by atoms with van der Waals surface area (Å²) in [5.74, 6) is 1.41. The first-order valence-electron chi connectivity index (χ1n) is 6.87. The van der Waals surface area contributed by atoms with Crippen molar-refractivity contribution >= 4 is 5.91 Å². The van der Waals surface area contributed by atoms with Gasteiger partial charge >= 0.3 is 0 Å². The molecule has 2 rings (SSSR count). The van der Waals surface area contributed by atoms with Crippen molar-refractivity contribution in [2.75, 3.05) is 13.7 Å². The molecule has 0 bridgehead atoms. The fourth-order valence-electron chi connectivity index (χ4n) is 1.97. The number of hydrogen-bond donors (Lipinski definition) is 1. The number of amides is 1. The number of benzene rings is 2. The van der Waals surface area contributed by atoms with E-state index in [2.05, 4.69) is 5.32 Å². The number of nitrogens with one attached hydrogen (secondary N) is 1. The number of hydrogen-bond acceptors (Lipinski definition) is 3. The van der Waals surface area contributed by atoms with E-state index >= 15 is 0 Å². The molecular weight excluding hydrogens is 266 g/mol. The van der Waals surface area contributed by atoms with Crippen LogP contribution in [0.4, 0.5) is 0 Å². The topological polar surface area (TPSA) is 47.6 Å². The molecule has 0 spiro atoms. The quantitative estimate of drug-likeness (QED) is 0.887. The molecule has 0 aliphatic heterocycles.